The van der Waals surface area contributed by atoms with Crippen molar-refractivity contribution in [2.45, 2.75) is 45.6 Å². The summed E-state index contributed by atoms with van der Waals surface area (Å²) in [5.41, 5.74) is 0. The molecule has 1 heterocycles. The molecule has 0 aromatic heterocycles. The maximum atomic E-state index is 3.57. The zero-order chi connectivity index (χ0) is 13.4. The largest absolute Gasteiger partial charge is 0.314 e. The van der Waals surface area contributed by atoms with E-state index in [2.05, 4.69) is 43.1 Å². The fraction of sp³-hybridized carbons (Fsp3) is 1.00. The van der Waals surface area contributed by atoms with Crippen LogP contribution < -0.4 is 5.32 Å². The van der Waals surface area contributed by atoms with Crippen molar-refractivity contribution in [1.82, 2.24) is 15.1 Å². The number of hydrogen-bond donors (Lipinski definition) is 1. The zero-order valence-electron chi connectivity index (χ0n) is 12.9. The van der Waals surface area contributed by atoms with Crippen molar-refractivity contribution in [3.63, 3.8) is 0 Å². The topological polar surface area (TPSA) is 18.5 Å². The van der Waals surface area contributed by atoms with Crippen molar-refractivity contribution in [2.75, 3.05) is 46.8 Å². The number of hydrogen-bond acceptors (Lipinski definition) is 3. The quantitative estimate of drug-likeness (QED) is 0.716. The average molecular weight is 255 g/mol. The molecule has 0 aliphatic carbocycles. The minimum absolute atomic E-state index is 0.671. The molecule has 0 aromatic rings. The lowest BCUT2D eigenvalue weighted by atomic mass is 9.96. The predicted molar refractivity (Wildman–Crippen MR) is 80.1 cm³/mol. The fourth-order valence-corrected chi connectivity index (χ4v) is 2.78. The molecule has 108 valence electrons. The summed E-state index contributed by atoms with van der Waals surface area (Å²) < 4.78 is 0. The first-order valence-electron chi connectivity index (χ1n) is 7.72. The average Bonchev–Trinajstić information content (AvgIpc) is 2.35. The molecule has 0 radical (unpaired) electrons. The third-order valence-electron chi connectivity index (χ3n) is 3.95. The molecule has 0 spiro atoms. The standard InChI is InChI=1S/C15H33N3/c1-5-9-16-14(2)6-10-18-11-7-15(8-12-18)13-17(3)4/h14-16H,5-13H2,1-4H3. The number of nitrogens with zero attached hydrogens (tertiary/aromatic N) is 2. The van der Waals surface area contributed by atoms with Crippen LogP contribution in [0, 0.1) is 5.92 Å². The summed E-state index contributed by atoms with van der Waals surface area (Å²) in [6.45, 7) is 10.8. The second-order valence-corrected chi connectivity index (χ2v) is 6.19. The van der Waals surface area contributed by atoms with Gasteiger partial charge in [0.05, 0.1) is 0 Å². The Hall–Kier alpha value is -0.120. The Morgan fingerprint density at radius 2 is 1.94 bits per heavy atom. The summed E-state index contributed by atoms with van der Waals surface area (Å²) >= 11 is 0. The van der Waals surface area contributed by atoms with E-state index in [-0.39, 0.29) is 0 Å². The van der Waals surface area contributed by atoms with Crippen molar-refractivity contribution in [2.24, 2.45) is 5.92 Å². The van der Waals surface area contributed by atoms with E-state index in [1.54, 1.807) is 0 Å². The van der Waals surface area contributed by atoms with Gasteiger partial charge in [-0.05, 0) is 78.8 Å². The van der Waals surface area contributed by atoms with E-state index in [0.717, 1.165) is 12.5 Å². The zero-order valence-corrected chi connectivity index (χ0v) is 12.9. The molecule has 1 N–H and O–H groups in total. The SMILES string of the molecule is CCCNC(C)CCN1CCC(CN(C)C)CC1. The van der Waals surface area contributed by atoms with Crippen molar-refractivity contribution in [3.05, 3.63) is 0 Å². The molecule has 18 heavy (non-hydrogen) atoms. The summed E-state index contributed by atoms with van der Waals surface area (Å²) in [7, 11) is 4.38. The molecule has 3 nitrogen and oxygen atoms in total. The molecule has 1 rings (SSSR count). The van der Waals surface area contributed by atoms with E-state index in [1.165, 1.54) is 51.9 Å². The molecule has 0 saturated carbocycles. The maximum Gasteiger partial charge on any atom is 0.00508 e. The summed E-state index contributed by atoms with van der Waals surface area (Å²) in [5.74, 6) is 0.923. The number of likely N-dealkylation sites (tertiary alicyclic amines) is 1. The van der Waals surface area contributed by atoms with Gasteiger partial charge in [0.1, 0.15) is 0 Å². The number of rotatable bonds is 8. The van der Waals surface area contributed by atoms with Gasteiger partial charge >= 0.3 is 0 Å². The van der Waals surface area contributed by atoms with Crippen LogP contribution in [0.1, 0.15) is 39.5 Å². The highest BCUT2D eigenvalue weighted by atomic mass is 15.1. The monoisotopic (exact) mass is 255 g/mol. The van der Waals surface area contributed by atoms with E-state index in [4.69, 9.17) is 0 Å². The first-order chi connectivity index (χ1) is 8.61. The van der Waals surface area contributed by atoms with Crippen molar-refractivity contribution >= 4 is 0 Å². The van der Waals surface area contributed by atoms with Crippen LogP contribution >= 0.6 is 0 Å². The second kappa shape index (κ2) is 8.89. The normalized spacial score (nSPS) is 20.5. The Morgan fingerprint density at radius 1 is 1.28 bits per heavy atom. The Balaban J connectivity index is 2.08. The van der Waals surface area contributed by atoms with Crippen LogP contribution in [-0.2, 0) is 0 Å². The molecule has 1 saturated heterocycles. The summed E-state index contributed by atoms with van der Waals surface area (Å²) in [6, 6.07) is 0.671. The molecule has 1 aliphatic rings. The molecule has 3 heteroatoms. The highest BCUT2D eigenvalue weighted by molar-refractivity contribution is 4.75. The summed E-state index contributed by atoms with van der Waals surface area (Å²) in [5, 5.41) is 3.57. The summed E-state index contributed by atoms with van der Waals surface area (Å²) in [4.78, 5) is 4.98. The third kappa shape index (κ3) is 6.72. The van der Waals surface area contributed by atoms with E-state index >= 15 is 0 Å². The fourth-order valence-electron chi connectivity index (χ4n) is 2.78. The second-order valence-electron chi connectivity index (χ2n) is 6.19. The van der Waals surface area contributed by atoms with Crippen LogP contribution in [0.2, 0.25) is 0 Å². The van der Waals surface area contributed by atoms with E-state index in [0.29, 0.717) is 6.04 Å². The van der Waals surface area contributed by atoms with Gasteiger partial charge in [0.15, 0.2) is 0 Å². The molecule has 1 unspecified atom stereocenters. The Morgan fingerprint density at radius 3 is 2.50 bits per heavy atom. The van der Waals surface area contributed by atoms with Crippen LogP contribution in [0.15, 0.2) is 0 Å². The Labute approximate surface area is 114 Å². The van der Waals surface area contributed by atoms with Gasteiger partial charge in [-0.15, -0.1) is 0 Å². The van der Waals surface area contributed by atoms with Crippen LogP contribution in [0.3, 0.4) is 0 Å². The first-order valence-corrected chi connectivity index (χ1v) is 7.72. The lowest BCUT2D eigenvalue weighted by Gasteiger charge is -2.33. The van der Waals surface area contributed by atoms with Gasteiger partial charge in [0.25, 0.3) is 0 Å². The van der Waals surface area contributed by atoms with Crippen LogP contribution in [0.4, 0.5) is 0 Å². The minimum Gasteiger partial charge on any atom is -0.314 e. The number of piperidine rings is 1. The molecule has 1 atom stereocenters. The van der Waals surface area contributed by atoms with E-state index in [1.807, 2.05) is 0 Å². The Bertz CT molecular complexity index is 198. The van der Waals surface area contributed by atoms with Crippen LogP contribution in [0.25, 0.3) is 0 Å². The predicted octanol–water partition coefficient (Wildman–Crippen LogP) is 2.04. The van der Waals surface area contributed by atoms with Crippen LogP contribution in [0.5, 0.6) is 0 Å². The molecular weight excluding hydrogens is 222 g/mol. The minimum atomic E-state index is 0.671. The lowest BCUT2D eigenvalue weighted by molar-refractivity contribution is 0.158. The third-order valence-corrected chi connectivity index (χ3v) is 3.95. The molecule has 1 fully saturated rings. The van der Waals surface area contributed by atoms with Gasteiger partial charge in [-0.2, -0.15) is 0 Å². The van der Waals surface area contributed by atoms with Crippen LogP contribution in [-0.4, -0.2) is 62.7 Å². The van der Waals surface area contributed by atoms with Gasteiger partial charge in [-0.25, -0.2) is 0 Å². The molecule has 0 bridgehead atoms. The number of nitrogens with one attached hydrogen (secondary N) is 1. The first kappa shape index (κ1) is 15.9. The van der Waals surface area contributed by atoms with E-state index in [9.17, 15) is 0 Å². The van der Waals surface area contributed by atoms with Crippen molar-refractivity contribution in [3.8, 4) is 0 Å². The van der Waals surface area contributed by atoms with Gasteiger partial charge in [-0.3, -0.25) is 0 Å². The molecule has 1 aliphatic heterocycles. The Kier molecular flexibility index (Phi) is 7.87. The summed E-state index contributed by atoms with van der Waals surface area (Å²) in [6.07, 6.45) is 5.29. The smallest absolute Gasteiger partial charge is 0.00508 e. The molecule has 0 aromatic carbocycles. The lowest BCUT2D eigenvalue weighted by Crippen LogP contribution is -2.39. The molecular formula is C15H33N3. The highest BCUT2D eigenvalue weighted by Gasteiger charge is 2.19. The van der Waals surface area contributed by atoms with Crippen molar-refractivity contribution < 1.29 is 0 Å². The highest BCUT2D eigenvalue weighted by Crippen LogP contribution is 2.17. The van der Waals surface area contributed by atoms with Gasteiger partial charge in [0.2, 0.25) is 0 Å². The van der Waals surface area contributed by atoms with E-state index < -0.39 is 0 Å². The van der Waals surface area contributed by atoms with Crippen molar-refractivity contribution in [1.29, 1.82) is 0 Å². The van der Waals surface area contributed by atoms with Gasteiger partial charge < -0.3 is 15.1 Å². The molecule has 0 amide bonds. The maximum absolute atomic E-state index is 3.57. The van der Waals surface area contributed by atoms with Gasteiger partial charge in [-0.1, -0.05) is 6.92 Å². The van der Waals surface area contributed by atoms with Gasteiger partial charge in [0, 0.05) is 12.6 Å².